The Morgan fingerprint density at radius 1 is 1.05 bits per heavy atom. The van der Waals surface area contributed by atoms with E-state index in [2.05, 4.69) is 48.8 Å². The largest absolute Gasteiger partial charge is 0.374 e. The highest BCUT2D eigenvalue weighted by molar-refractivity contribution is 9.09. The lowest BCUT2D eigenvalue weighted by Crippen LogP contribution is -2.44. The third-order valence-electron chi connectivity index (χ3n) is 4.36. The van der Waals surface area contributed by atoms with Crippen LogP contribution in [-0.2, 0) is 16.1 Å². The van der Waals surface area contributed by atoms with Gasteiger partial charge in [0.15, 0.2) is 0 Å². The van der Waals surface area contributed by atoms with Crippen LogP contribution in [0.4, 0.5) is 0 Å². The normalized spacial score (nSPS) is 35.3. The molecule has 1 aromatic rings. The van der Waals surface area contributed by atoms with E-state index in [1.54, 1.807) is 0 Å². The summed E-state index contributed by atoms with van der Waals surface area (Å²) in [6, 6.07) is 10.3. The predicted molar refractivity (Wildman–Crippen MR) is 81.2 cm³/mol. The highest BCUT2D eigenvalue weighted by Gasteiger charge is 2.37. The van der Waals surface area contributed by atoms with Crippen molar-refractivity contribution < 1.29 is 9.47 Å². The van der Waals surface area contributed by atoms with E-state index >= 15 is 0 Å². The SMILES string of the molecule is CC1C(Br)OC(COCc2ccccc2)C(C)C1C. The molecule has 1 fully saturated rings. The van der Waals surface area contributed by atoms with Crippen molar-refractivity contribution in [1.82, 2.24) is 0 Å². The molecular weight excluding hydrogens is 304 g/mol. The summed E-state index contributed by atoms with van der Waals surface area (Å²) in [7, 11) is 0. The van der Waals surface area contributed by atoms with Gasteiger partial charge in [-0.2, -0.15) is 0 Å². The molecule has 1 heterocycles. The Kier molecular flexibility index (Phi) is 5.43. The number of alkyl halides is 1. The average molecular weight is 327 g/mol. The van der Waals surface area contributed by atoms with Crippen molar-refractivity contribution >= 4 is 15.9 Å². The van der Waals surface area contributed by atoms with Crippen LogP contribution in [0.15, 0.2) is 30.3 Å². The quantitative estimate of drug-likeness (QED) is 0.771. The highest BCUT2D eigenvalue weighted by Crippen LogP contribution is 2.37. The summed E-state index contributed by atoms with van der Waals surface area (Å²) in [4.78, 5) is 0. The minimum Gasteiger partial charge on any atom is -0.374 e. The van der Waals surface area contributed by atoms with Crippen molar-refractivity contribution in [2.24, 2.45) is 17.8 Å². The summed E-state index contributed by atoms with van der Waals surface area (Å²) in [5.74, 6) is 1.71. The maximum absolute atomic E-state index is 6.01. The zero-order valence-corrected chi connectivity index (χ0v) is 13.5. The maximum atomic E-state index is 6.01. The number of hydrogen-bond donors (Lipinski definition) is 0. The van der Waals surface area contributed by atoms with Crippen LogP contribution in [0.1, 0.15) is 26.3 Å². The number of hydrogen-bond acceptors (Lipinski definition) is 2. The van der Waals surface area contributed by atoms with Gasteiger partial charge in [0, 0.05) is 0 Å². The summed E-state index contributed by atoms with van der Waals surface area (Å²) in [5.41, 5.74) is 1.21. The first-order valence-corrected chi connectivity index (χ1v) is 7.92. The standard InChI is InChI=1S/C16H23BrO2/c1-11-12(2)15(19-16(17)13(11)3)10-18-9-14-7-5-4-6-8-14/h4-8,11-13,15-16H,9-10H2,1-3H3. The molecule has 5 unspecified atom stereocenters. The predicted octanol–water partition coefficient (Wildman–Crippen LogP) is 4.23. The topological polar surface area (TPSA) is 18.5 Å². The molecule has 0 saturated carbocycles. The highest BCUT2D eigenvalue weighted by atomic mass is 79.9. The zero-order chi connectivity index (χ0) is 13.8. The van der Waals surface area contributed by atoms with E-state index in [0.29, 0.717) is 31.0 Å². The molecular formula is C16H23BrO2. The molecule has 2 rings (SSSR count). The third-order valence-corrected chi connectivity index (χ3v) is 5.41. The van der Waals surface area contributed by atoms with Crippen molar-refractivity contribution in [3.63, 3.8) is 0 Å². The fourth-order valence-electron chi connectivity index (χ4n) is 2.53. The Balaban J connectivity index is 1.82. The van der Waals surface area contributed by atoms with Gasteiger partial charge >= 0.3 is 0 Å². The second-order valence-corrected chi connectivity index (χ2v) is 6.51. The van der Waals surface area contributed by atoms with Crippen LogP contribution in [0.2, 0.25) is 0 Å². The molecule has 2 nitrogen and oxygen atoms in total. The van der Waals surface area contributed by atoms with Crippen LogP contribution in [-0.4, -0.2) is 17.7 Å². The van der Waals surface area contributed by atoms with Gasteiger partial charge in [-0.25, -0.2) is 0 Å². The summed E-state index contributed by atoms with van der Waals surface area (Å²) >= 11 is 3.62. The van der Waals surface area contributed by atoms with Gasteiger partial charge < -0.3 is 9.47 Å². The minimum atomic E-state index is 0.143. The van der Waals surface area contributed by atoms with E-state index in [4.69, 9.17) is 9.47 Å². The van der Waals surface area contributed by atoms with Gasteiger partial charge in [-0.3, -0.25) is 0 Å². The lowest BCUT2D eigenvalue weighted by molar-refractivity contribution is -0.123. The van der Waals surface area contributed by atoms with Gasteiger partial charge in [0.1, 0.15) is 5.01 Å². The smallest absolute Gasteiger partial charge is 0.115 e. The monoisotopic (exact) mass is 326 g/mol. The maximum Gasteiger partial charge on any atom is 0.115 e. The van der Waals surface area contributed by atoms with Crippen LogP contribution in [0.3, 0.4) is 0 Å². The van der Waals surface area contributed by atoms with E-state index < -0.39 is 0 Å². The second kappa shape index (κ2) is 6.87. The molecule has 5 atom stereocenters. The third kappa shape index (κ3) is 3.80. The van der Waals surface area contributed by atoms with Gasteiger partial charge in [0.05, 0.1) is 19.3 Å². The fourth-order valence-corrected chi connectivity index (χ4v) is 3.29. The number of halogens is 1. The molecule has 0 bridgehead atoms. The van der Waals surface area contributed by atoms with Crippen molar-refractivity contribution in [3.8, 4) is 0 Å². The second-order valence-electron chi connectivity index (χ2n) is 5.60. The van der Waals surface area contributed by atoms with E-state index in [1.807, 2.05) is 18.2 Å². The van der Waals surface area contributed by atoms with E-state index in [1.165, 1.54) is 5.56 Å². The van der Waals surface area contributed by atoms with Gasteiger partial charge in [0.25, 0.3) is 0 Å². The van der Waals surface area contributed by atoms with Crippen molar-refractivity contribution in [1.29, 1.82) is 0 Å². The molecule has 0 amide bonds. The molecule has 106 valence electrons. The van der Waals surface area contributed by atoms with Crippen molar-refractivity contribution in [2.45, 2.75) is 38.5 Å². The van der Waals surface area contributed by atoms with Crippen LogP contribution >= 0.6 is 15.9 Å². The summed E-state index contributed by atoms with van der Waals surface area (Å²) in [5, 5.41) is 0.143. The molecule has 19 heavy (non-hydrogen) atoms. The van der Waals surface area contributed by atoms with Crippen LogP contribution in [0.5, 0.6) is 0 Å². The van der Waals surface area contributed by atoms with Gasteiger partial charge in [-0.1, -0.05) is 67.0 Å². The van der Waals surface area contributed by atoms with Gasteiger partial charge in [-0.05, 0) is 23.3 Å². The molecule has 0 spiro atoms. The molecule has 0 aromatic heterocycles. The van der Waals surface area contributed by atoms with Gasteiger partial charge in [0.2, 0.25) is 0 Å². The Bertz CT molecular complexity index is 382. The molecule has 1 aliphatic heterocycles. The first-order chi connectivity index (χ1) is 9.09. The fraction of sp³-hybridized carbons (Fsp3) is 0.625. The molecule has 1 saturated heterocycles. The Hall–Kier alpha value is -0.380. The summed E-state index contributed by atoms with van der Waals surface area (Å²) < 4.78 is 11.8. The van der Waals surface area contributed by atoms with Crippen LogP contribution in [0.25, 0.3) is 0 Å². The Labute approximate surface area is 124 Å². The lowest BCUT2D eigenvalue weighted by atomic mass is 9.80. The van der Waals surface area contributed by atoms with Crippen LogP contribution < -0.4 is 0 Å². The van der Waals surface area contributed by atoms with E-state index in [9.17, 15) is 0 Å². The molecule has 1 aliphatic rings. The average Bonchev–Trinajstić information content (AvgIpc) is 2.43. The summed E-state index contributed by atoms with van der Waals surface area (Å²) in [6.45, 7) is 8.12. The number of rotatable bonds is 4. The van der Waals surface area contributed by atoms with E-state index in [0.717, 1.165) is 0 Å². The molecule has 0 aliphatic carbocycles. The van der Waals surface area contributed by atoms with Gasteiger partial charge in [-0.15, -0.1) is 0 Å². The first kappa shape index (κ1) is 15.0. The van der Waals surface area contributed by atoms with Crippen LogP contribution in [0, 0.1) is 17.8 Å². The Morgan fingerprint density at radius 3 is 2.42 bits per heavy atom. The number of benzene rings is 1. The number of ether oxygens (including phenoxy) is 2. The summed E-state index contributed by atoms with van der Waals surface area (Å²) in [6.07, 6.45) is 0.180. The molecule has 3 heteroatoms. The molecule has 0 N–H and O–H groups in total. The first-order valence-electron chi connectivity index (χ1n) is 7.00. The zero-order valence-electron chi connectivity index (χ0n) is 11.9. The van der Waals surface area contributed by atoms with E-state index in [-0.39, 0.29) is 11.1 Å². The molecule has 0 radical (unpaired) electrons. The minimum absolute atomic E-state index is 0.143. The van der Waals surface area contributed by atoms with Crippen molar-refractivity contribution in [3.05, 3.63) is 35.9 Å². The molecule has 1 aromatic carbocycles. The Morgan fingerprint density at radius 2 is 1.74 bits per heavy atom. The van der Waals surface area contributed by atoms with Crippen molar-refractivity contribution in [2.75, 3.05) is 6.61 Å². The lowest BCUT2D eigenvalue weighted by Gasteiger charge is -2.41.